The molecule has 2 rings (SSSR count). The molecule has 0 aromatic carbocycles. The minimum absolute atomic E-state index is 0.616. The van der Waals surface area contributed by atoms with E-state index >= 15 is 0 Å². The number of pyridine rings is 1. The van der Waals surface area contributed by atoms with Gasteiger partial charge in [0.25, 0.3) is 0 Å². The molecule has 0 spiro atoms. The van der Waals surface area contributed by atoms with Crippen molar-refractivity contribution in [2.75, 3.05) is 0 Å². The number of rotatable bonds is 1. The van der Waals surface area contributed by atoms with E-state index in [1.54, 1.807) is 0 Å². The van der Waals surface area contributed by atoms with Crippen LogP contribution in [-0.4, -0.2) is 4.98 Å². The van der Waals surface area contributed by atoms with Crippen molar-refractivity contribution in [3.05, 3.63) is 27.0 Å². The summed E-state index contributed by atoms with van der Waals surface area (Å²) in [6, 6.07) is 2.21. The highest BCUT2D eigenvalue weighted by atomic mass is 32.1. The Labute approximate surface area is 88.6 Å². The van der Waals surface area contributed by atoms with Gasteiger partial charge >= 0.3 is 0 Å². The van der Waals surface area contributed by atoms with Crippen LogP contribution in [0.1, 0.15) is 35.7 Å². The smallest absolute Gasteiger partial charge is 0.121 e. The third kappa shape index (κ3) is 1.27. The zero-order chi connectivity index (χ0) is 10.1. The van der Waals surface area contributed by atoms with Gasteiger partial charge in [-0.1, -0.05) is 19.1 Å². The number of aromatic nitrogens is 1. The molecule has 1 aliphatic rings. The lowest BCUT2D eigenvalue weighted by atomic mass is 10.0. The van der Waals surface area contributed by atoms with Gasteiger partial charge in [0.2, 0.25) is 0 Å². The van der Waals surface area contributed by atoms with Crippen molar-refractivity contribution in [2.24, 2.45) is 0 Å². The number of nitrogens with one attached hydrogen (secondary N) is 1. The van der Waals surface area contributed by atoms with Crippen molar-refractivity contribution < 1.29 is 0 Å². The van der Waals surface area contributed by atoms with Gasteiger partial charge in [0.1, 0.15) is 10.7 Å². The Morgan fingerprint density at radius 1 is 1.50 bits per heavy atom. The fourth-order valence-corrected chi connectivity index (χ4v) is 2.50. The van der Waals surface area contributed by atoms with Crippen molar-refractivity contribution in [2.45, 2.75) is 32.6 Å². The molecule has 2 nitrogen and oxygen atoms in total. The zero-order valence-electron chi connectivity index (χ0n) is 8.18. The molecular formula is C11H12N2S. The molecule has 0 radical (unpaired) electrons. The largest absolute Gasteiger partial charge is 0.349 e. The molecule has 1 aliphatic carbocycles. The lowest BCUT2D eigenvalue weighted by Crippen LogP contribution is -2.00. The van der Waals surface area contributed by atoms with Crippen LogP contribution >= 0.6 is 12.2 Å². The van der Waals surface area contributed by atoms with Crippen molar-refractivity contribution in [3.63, 3.8) is 0 Å². The Morgan fingerprint density at radius 3 is 2.93 bits per heavy atom. The number of aromatic amines is 1. The summed E-state index contributed by atoms with van der Waals surface area (Å²) >= 11 is 5.17. The molecule has 0 bridgehead atoms. The number of H-pyrrole nitrogens is 1. The summed E-state index contributed by atoms with van der Waals surface area (Å²) in [6.07, 6.45) is 4.27. The first-order valence-corrected chi connectivity index (χ1v) is 5.35. The molecule has 14 heavy (non-hydrogen) atoms. The average Bonchev–Trinajstić information content (AvgIpc) is 2.62. The van der Waals surface area contributed by atoms with E-state index < -0.39 is 0 Å². The topological polar surface area (TPSA) is 39.6 Å². The first kappa shape index (κ1) is 9.42. The number of aryl methyl sites for hydroxylation is 1. The molecule has 3 heteroatoms. The van der Waals surface area contributed by atoms with E-state index in [0.717, 1.165) is 19.3 Å². The molecule has 0 aliphatic heterocycles. The first-order valence-electron chi connectivity index (χ1n) is 4.95. The maximum atomic E-state index is 9.02. The van der Waals surface area contributed by atoms with E-state index in [4.69, 9.17) is 17.5 Å². The Kier molecular flexibility index (Phi) is 2.39. The molecule has 1 aromatic heterocycles. The van der Waals surface area contributed by atoms with Gasteiger partial charge in [-0.05, 0) is 36.8 Å². The molecule has 0 amide bonds. The van der Waals surface area contributed by atoms with E-state index in [1.165, 1.54) is 23.2 Å². The highest BCUT2D eigenvalue weighted by molar-refractivity contribution is 7.71. The van der Waals surface area contributed by atoms with Crippen LogP contribution < -0.4 is 0 Å². The fraction of sp³-hybridized carbons (Fsp3) is 0.455. The molecule has 0 saturated heterocycles. The molecule has 0 fully saturated rings. The highest BCUT2D eigenvalue weighted by Gasteiger charge is 2.18. The van der Waals surface area contributed by atoms with Gasteiger partial charge in [-0.25, -0.2) is 0 Å². The van der Waals surface area contributed by atoms with Gasteiger partial charge in [0, 0.05) is 5.69 Å². The minimum Gasteiger partial charge on any atom is -0.349 e. The second-order valence-electron chi connectivity index (χ2n) is 3.58. The Bertz CT molecular complexity index is 465. The van der Waals surface area contributed by atoms with Gasteiger partial charge in [-0.2, -0.15) is 5.26 Å². The van der Waals surface area contributed by atoms with Crippen LogP contribution in [0.4, 0.5) is 0 Å². The molecular weight excluding hydrogens is 192 g/mol. The van der Waals surface area contributed by atoms with Crippen molar-refractivity contribution in [1.82, 2.24) is 4.98 Å². The number of hydrogen-bond donors (Lipinski definition) is 1. The second-order valence-corrected chi connectivity index (χ2v) is 3.99. The van der Waals surface area contributed by atoms with Crippen LogP contribution in [0.15, 0.2) is 0 Å². The van der Waals surface area contributed by atoms with Crippen LogP contribution in [0.5, 0.6) is 0 Å². The molecule has 0 unspecified atom stereocenters. The first-order chi connectivity index (χ1) is 6.77. The van der Waals surface area contributed by atoms with Gasteiger partial charge in [-0.15, -0.1) is 0 Å². The monoisotopic (exact) mass is 204 g/mol. The van der Waals surface area contributed by atoms with Gasteiger partial charge in [0.05, 0.1) is 5.56 Å². The molecule has 0 saturated carbocycles. The summed E-state index contributed by atoms with van der Waals surface area (Å²) < 4.78 is 0.616. The molecule has 1 N–H and O–H groups in total. The van der Waals surface area contributed by atoms with Crippen LogP contribution in [0.2, 0.25) is 0 Å². The second kappa shape index (κ2) is 3.55. The number of nitriles is 1. The molecule has 1 heterocycles. The Hall–Kier alpha value is -1.14. The Morgan fingerprint density at radius 2 is 2.29 bits per heavy atom. The maximum absolute atomic E-state index is 9.02. The zero-order valence-corrected chi connectivity index (χ0v) is 9.00. The van der Waals surface area contributed by atoms with Gasteiger partial charge in [0.15, 0.2) is 0 Å². The summed E-state index contributed by atoms with van der Waals surface area (Å²) in [6.45, 7) is 2.09. The van der Waals surface area contributed by atoms with Crippen LogP contribution in [0, 0.1) is 16.0 Å². The number of nitrogens with zero attached hydrogens (tertiary/aromatic N) is 1. The molecule has 1 aromatic rings. The quantitative estimate of drug-likeness (QED) is 0.714. The van der Waals surface area contributed by atoms with Gasteiger partial charge < -0.3 is 4.98 Å². The fourth-order valence-electron chi connectivity index (χ4n) is 2.21. The normalized spacial score (nSPS) is 13.7. The van der Waals surface area contributed by atoms with Gasteiger partial charge in [-0.3, -0.25) is 0 Å². The van der Waals surface area contributed by atoms with E-state index in [1.807, 2.05) is 0 Å². The third-order valence-corrected chi connectivity index (χ3v) is 3.15. The van der Waals surface area contributed by atoms with E-state index in [-0.39, 0.29) is 0 Å². The summed E-state index contributed by atoms with van der Waals surface area (Å²) in [7, 11) is 0. The number of hydrogen-bond acceptors (Lipinski definition) is 2. The van der Waals surface area contributed by atoms with E-state index in [0.29, 0.717) is 10.2 Å². The van der Waals surface area contributed by atoms with Crippen LogP contribution in [0.3, 0.4) is 0 Å². The number of fused-ring (bicyclic) bond motifs is 1. The predicted octanol–water partition coefficient (Wildman–Crippen LogP) is 2.67. The van der Waals surface area contributed by atoms with E-state index in [9.17, 15) is 0 Å². The summed E-state index contributed by atoms with van der Waals surface area (Å²) in [4.78, 5) is 3.17. The highest BCUT2D eigenvalue weighted by Crippen LogP contribution is 2.26. The Balaban J connectivity index is 2.77. The SMILES string of the molecule is CCc1c2c([nH]c(=S)c1C#N)CCC2. The minimum atomic E-state index is 0.616. The van der Waals surface area contributed by atoms with Crippen molar-refractivity contribution >= 4 is 12.2 Å². The lowest BCUT2D eigenvalue weighted by molar-refractivity contribution is 0.896. The maximum Gasteiger partial charge on any atom is 0.121 e. The lowest BCUT2D eigenvalue weighted by Gasteiger charge is -2.08. The molecule has 72 valence electrons. The predicted molar refractivity (Wildman–Crippen MR) is 57.7 cm³/mol. The van der Waals surface area contributed by atoms with Crippen molar-refractivity contribution in [1.29, 1.82) is 5.26 Å². The third-order valence-electron chi connectivity index (χ3n) is 2.84. The van der Waals surface area contributed by atoms with Crippen LogP contribution in [-0.2, 0) is 19.3 Å². The average molecular weight is 204 g/mol. The van der Waals surface area contributed by atoms with Crippen LogP contribution in [0.25, 0.3) is 0 Å². The summed E-state index contributed by atoms with van der Waals surface area (Å²) in [5.41, 5.74) is 4.45. The summed E-state index contributed by atoms with van der Waals surface area (Å²) in [5.74, 6) is 0. The molecule has 0 atom stereocenters. The van der Waals surface area contributed by atoms with E-state index in [2.05, 4.69) is 18.0 Å². The summed E-state index contributed by atoms with van der Waals surface area (Å²) in [5, 5.41) is 9.02. The van der Waals surface area contributed by atoms with Crippen molar-refractivity contribution in [3.8, 4) is 6.07 Å². The standard InChI is InChI=1S/C11H12N2S/c1-2-7-8-4-3-5-10(8)13-11(14)9(7)6-12/h2-5H2,1H3,(H,13,14).